The summed E-state index contributed by atoms with van der Waals surface area (Å²) in [6.45, 7) is 8.61. The number of nitrogens with zero attached hydrogens (tertiary/aromatic N) is 2. The lowest BCUT2D eigenvalue weighted by Crippen LogP contribution is -2.32. The summed E-state index contributed by atoms with van der Waals surface area (Å²) in [6.07, 6.45) is 1.48. The zero-order valence-corrected chi connectivity index (χ0v) is 18.8. The molecule has 1 aliphatic heterocycles. The normalized spacial score (nSPS) is 18.1. The topological polar surface area (TPSA) is 82.5 Å². The average Bonchev–Trinajstić information content (AvgIpc) is 3.24. The van der Waals surface area contributed by atoms with Crippen molar-refractivity contribution in [3.8, 4) is 10.4 Å². The number of aromatic nitrogens is 1. The highest BCUT2D eigenvalue weighted by Crippen LogP contribution is 2.28. The van der Waals surface area contributed by atoms with E-state index in [2.05, 4.69) is 10.3 Å². The summed E-state index contributed by atoms with van der Waals surface area (Å²) in [5, 5.41) is 12.9. The van der Waals surface area contributed by atoms with Gasteiger partial charge in [-0.05, 0) is 23.5 Å². The molecule has 0 saturated carbocycles. The third-order valence-electron chi connectivity index (χ3n) is 4.89. The van der Waals surface area contributed by atoms with Crippen molar-refractivity contribution in [3.63, 3.8) is 0 Å². The molecule has 0 aliphatic carbocycles. The van der Waals surface area contributed by atoms with Gasteiger partial charge in [-0.25, -0.2) is 4.98 Å². The molecule has 3 rings (SSSR count). The van der Waals surface area contributed by atoms with Crippen molar-refractivity contribution in [1.29, 1.82) is 0 Å². The van der Waals surface area contributed by atoms with Crippen molar-refractivity contribution in [1.82, 2.24) is 15.2 Å². The van der Waals surface area contributed by atoms with Crippen LogP contribution in [-0.4, -0.2) is 39.5 Å². The summed E-state index contributed by atoms with van der Waals surface area (Å²) in [5.74, 6) is -0.331. The van der Waals surface area contributed by atoms with E-state index < -0.39 is 6.10 Å². The molecule has 1 fully saturated rings. The van der Waals surface area contributed by atoms with Crippen LogP contribution in [0, 0.1) is 12.3 Å². The van der Waals surface area contributed by atoms with Gasteiger partial charge in [0.25, 0.3) is 0 Å². The van der Waals surface area contributed by atoms with Gasteiger partial charge < -0.3 is 15.3 Å². The van der Waals surface area contributed by atoms with Gasteiger partial charge in [-0.3, -0.25) is 9.59 Å². The fraction of sp³-hybridized carbons (Fsp3) is 0.435. The zero-order chi connectivity index (χ0) is 21.9. The third-order valence-corrected chi connectivity index (χ3v) is 5.87. The van der Waals surface area contributed by atoms with Crippen LogP contribution < -0.4 is 5.32 Å². The molecule has 2 heterocycles. The largest absolute Gasteiger partial charge is 0.391 e. The number of β-amino-alcohol motifs (C(OH)–C–C–N with tert-alkyl or cyclic N) is 1. The van der Waals surface area contributed by atoms with E-state index in [1.165, 1.54) is 6.08 Å². The molecule has 0 spiro atoms. The van der Waals surface area contributed by atoms with Crippen LogP contribution in [0.25, 0.3) is 10.4 Å². The van der Waals surface area contributed by atoms with Gasteiger partial charge in [-0.1, -0.05) is 45.0 Å². The van der Waals surface area contributed by atoms with E-state index in [9.17, 15) is 14.7 Å². The lowest BCUT2D eigenvalue weighted by atomic mass is 9.91. The molecular weight excluding hydrogens is 398 g/mol. The number of nitrogens with one attached hydrogen (secondary N) is 1. The maximum absolute atomic E-state index is 12.6. The Morgan fingerprint density at radius 1 is 1.30 bits per heavy atom. The Morgan fingerprint density at radius 3 is 2.60 bits per heavy atom. The SMILES string of the molecule is Cc1ncsc1-c1ccc(CNC(=O)C=C2C[C@@H](O)CN2C(=O)CC(C)(C)C)cc1. The summed E-state index contributed by atoms with van der Waals surface area (Å²) in [4.78, 5) is 32.0. The summed E-state index contributed by atoms with van der Waals surface area (Å²) >= 11 is 1.61. The van der Waals surface area contributed by atoms with Crippen LogP contribution in [0.1, 0.15) is 44.9 Å². The molecule has 1 aliphatic rings. The number of thiazole rings is 1. The second-order valence-electron chi connectivity index (χ2n) is 8.92. The van der Waals surface area contributed by atoms with Gasteiger partial charge >= 0.3 is 0 Å². The maximum Gasteiger partial charge on any atom is 0.246 e. The van der Waals surface area contributed by atoms with Gasteiger partial charge in [-0.2, -0.15) is 0 Å². The number of aliphatic hydroxyl groups is 1. The standard InChI is InChI=1S/C23H29N3O3S/c1-15-22(30-14-25-15)17-7-5-16(6-8-17)12-24-20(28)10-18-9-19(27)13-26(18)21(29)11-23(2,3)4/h5-8,10,14,19,27H,9,11-13H2,1-4H3,(H,24,28)/t19-/m1/s1. The molecule has 1 atom stereocenters. The fourth-order valence-electron chi connectivity index (χ4n) is 3.44. The molecule has 1 saturated heterocycles. The van der Waals surface area contributed by atoms with E-state index in [1.54, 1.807) is 16.2 Å². The van der Waals surface area contributed by atoms with Gasteiger partial charge in [0.15, 0.2) is 0 Å². The number of carbonyl (C=O) groups excluding carboxylic acids is 2. The summed E-state index contributed by atoms with van der Waals surface area (Å²) in [7, 11) is 0. The first-order valence-corrected chi connectivity index (χ1v) is 11.0. The number of aryl methyl sites for hydroxylation is 1. The van der Waals surface area contributed by atoms with Crippen molar-refractivity contribution in [2.75, 3.05) is 6.54 Å². The molecular formula is C23H29N3O3S. The van der Waals surface area contributed by atoms with Crippen LogP contribution in [0.5, 0.6) is 0 Å². The molecule has 7 heteroatoms. The smallest absolute Gasteiger partial charge is 0.246 e. The van der Waals surface area contributed by atoms with Gasteiger partial charge in [0, 0.05) is 31.2 Å². The fourth-order valence-corrected chi connectivity index (χ4v) is 4.25. The number of hydrogen-bond donors (Lipinski definition) is 2. The second kappa shape index (κ2) is 9.10. The molecule has 2 aromatic rings. The maximum atomic E-state index is 12.6. The van der Waals surface area contributed by atoms with Gasteiger partial charge in [0.1, 0.15) is 0 Å². The minimum atomic E-state index is -0.629. The van der Waals surface area contributed by atoms with Gasteiger partial charge in [0.2, 0.25) is 11.8 Å². The van der Waals surface area contributed by atoms with Crippen molar-refractivity contribution >= 4 is 23.2 Å². The van der Waals surface area contributed by atoms with Crippen LogP contribution in [0.4, 0.5) is 0 Å². The first kappa shape index (κ1) is 22.2. The van der Waals surface area contributed by atoms with E-state index in [0.717, 1.165) is 21.7 Å². The van der Waals surface area contributed by atoms with Crippen LogP contribution in [0.3, 0.4) is 0 Å². The lowest BCUT2D eigenvalue weighted by molar-refractivity contribution is -0.130. The van der Waals surface area contributed by atoms with Crippen LogP contribution >= 0.6 is 11.3 Å². The zero-order valence-electron chi connectivity index (χ0n) is 17.9. The van der Waals surface area contributed by atoms with Crippen LogP contribution in [0.15, 0.2) is 41.5 Å². The van der Waals surface area contributed by atoms with Crippen molar-refractivity contribution in [2.24, 2.45) is 5.41 Å². The number of likely N-dealkylation sites (tertiary alicyclic amines) is 1. The first-order valence-electron chi connectivity index (χ1n) is 10.1. The number of amides is 2. The van der Waals surface area contributed by atoms with Crippen molar-refractivity contribution in [3.05, 3.63) is 52.8 Å². The summed E-state index contributed by atoms with van der Waals surface area (Å²) < 4.78 is 0. The highest BCUT2D eigenvalue weighted by molar-refractivity contribution is 7.13. The molecule has 1 aromatic heterocycles. The van der Waals surface area contributed by atoms with Crippen LogP contribution in [-0.2, 0) is 16.1 Å². The Labute approximate surface area is 181 Å². The van der Waals surface area contributed by atoms with Crippen LogP contribution in [0.2, 0.25) is 0 Å². The number of rotatable bonds is 5. The van der Waals surface area contributed by atoms with Gasteiger partial charge in [0.05, 0.1) is 28.7 Å². The molecule has 6 nitrogen and oxygen atoms in total. The number of carbonyl (C=O) groups is 2. The number of benzene rings is 1. The Hall–Kier alpha value is -2.51. The molecule has 2 amide bonds. The number of aliphatic hydroxyl groups excluding tert-OH is 1. The second-order valence-corrected chi connectivity index (χ2v) is 9.77. The summed E-state index contributed by atoms with van der Waals surface area (Å²) in [6, 6.07) is 8.03. The Bertz CT molecular complexity index is 941. The highest BCUT2D eigenvalue weighted by atomic mass is 32.1. The average molecular weight is 428 g/mol. The van der Waals surface area contributed by atoms with E-state index in [1.807, 2.05) is 57.5 Å². The molecule has 30 heavy (non-hydrogen) atoms. The van der Waals surface area contributed by atoms with E-state index >= 15 is 0 Å². The molecule has 160 valence electrons. The predicted molar refractivity (Wildman–Crippen MR) is 119 cm³/mol. The molecule has 1 aromatic carbocycles. The molecule has 0 radical (unpaired) electrons. The van der Waals surface area contributed by atoms with E-state index in [-0.39, 0.29) is 23.8 Å². The Morgan fingerprint density at radius 2 is 2.00 bits per heavy atom. The minimum absolute atomic E-state index is 0.0629. The molecule has 0 bridgehead atoms. The van der Waals surface area contributed by atoms with Gasteiger partial charge in [-0.15, -0.1) is 11.3 Å². The van der Waals surface area contributed by atoms with E-state index in [0.29, 0.717) is 25.1 Å². The van der Waals surface area contributed by atoms with Crippen molar-refractivity contribution < 1.29 is 14.7 Å². The minimum Gasteiger partial charge on any atom is -0.391 e. The highest BCUT2D eigenvalue weighted by Gasteiger charge is 2.31. The third kappa shape index (κ3) is 5.77. The monoisotopic (exact) mass is 427 g/mol. The first-order chi connectivity index (χ1) is 14.1. The Balaban J connectivity index is 1.60. The predicted octanol–water partition coefficient (Wildman–Crippen LogP) is 3.65. The Kier molecular flexibility index (Phi) is 6.73. The van der Waals surface area contributed by atoms with E-state index in [4.69, 9.17) is 0 Å². The lowest BCUT2D eigenvalue weighted by Gasteiger charge is -2.23. The molecule has 0 unspecified atom stereocenters. The number of hydrogen-bond acceptors (Lipinski definition) is 5. The van der Waals surface area contributed by atoms with Crippen molar-refractivity contribution in [2.45, 2.75) is 53.2 Å². The summed E-state index contributed by atoms with van der Waals surface area (Å²) in [5.41, 5.74) is 5.37. The molecule has 2 N–H and O–H groups in total. The quantitative estimate of drug-likeness (QED) is 0.714.